The van der Waals surface area contributed by atoms with Crippen LogP contribution in [0.3, 0.4) is 0 Å². The lowest BCUT2D eigenvalue weighted by Gasteiger charge is -2.36. The first-order valence-electron chi connectivity index (χ1n) is 7.13. The fourth-order valence-electron chi connectivity index (χ4n) is 2.47. The Morgan fingerprint density at radius 1 is 1.43 bits per heavy atom. The number of aliphatic hydroxyl groups is 1. The Hall–Kier alpha value is -2.06. The summed E-state index contributed by atoms with van der Waals surface area (Å²) in [6, 6.07) is 2.67. The van der Waals surface area contributed by atoms with Crippen LogP contribution in [0.1, 0.15) is 16.8 Å². The van der Waals surface area contributed by atoms with Crippen molar-refractivity contribution >= 4 is 11.8 Å². The molecule has 1 aromatic carbocycles. The zero-order valence-corrected chi connectivity index (χ0v) is 12.6. The number of rotatable bonds is 4. The summed E-state index contributed by atoms with van der Waals surface area (Å²) in [5.41, 5.74) is -0.421. The zero-order chi connectivity index (χ0) is 17.0. The molecule has 8 heteroatoms. The lowest BCUT2D eigenvalue weighted by molar-refractivity contribution is -0.138. The van der Waals surface area contributed by atoms with E-state index in [1.54, 1.807) is 0 Å². The van der Waals surface area contributed by atoms with E-state index >= 15 is 0 Å². The van der Waals surface area contributed by atoms with Crippen LogP contribution < -0.4 is 5.32 Å². The van der Waals surface area contributed by atoms with E-state index in [1.807, 2.05) is 0 Å². The Balaban J connectivity index is 1.98. The number of nitrogens with zero attached hydrogens (tertiary/aromatic N) is 1. The van der Waals surface area contributed by atoms with Crippen LogP contribution in [-0.2, 0) is 9.53 Å². The first-order valence-corrected chi connectivity index (χ1v) is 7.13. The second-order valence-corrected chi connectivity index (χ2v) is 5.31. The van der Waals surface area contributed by atoms with Gasteiger partial charge < -0.3 is 20.1 Å². The van der Waals surface area contributed by atoms with Gasteiger partial charge in [0.2, 0.25) is 5.91 Å². The topological polar surface area (TPSA) is 78.9 Å². The number of piperidine rings is 1. The smallest absolute Gasteiger partial charge is 0.254 e. The first-order chi connectivity index (χ1) is 10.9. The second-order valence-electron chi connectivity index (χ2n) is 5.31. The van der Waals surface area contributed by atoms with E-state index in [0.717, 1.165) is 12.1 Å². The number of carbonyl (C=O) groups is 2. The quantitative estimate of drug-likeness (QED) is 0.833. The van der Waals surface area contributed by atoms with Crippen LogP contribution in [0, 0.1) is 11.6 Å². The van der Waals surface area contributed by atoms with Crippen molar-refractivity contribution in [3.63, 3.8) is 0 Å². The summed E-state index contributed by atoms with van der Waals surface area (Å²) in [5.74, 6) is -3.40. The van der Waals surface area contributed by atoms with E-state index in [0.29, 0.717) is 13.0 Å². The van der Waals surface area contributed by atoms with E-state index in [1.165, 1.54) is 18.1 Å². The van der Waals surface area contributed by atoms with Gasteiger partial charge in [-0.15, -0.1) is 0 Å². The highest BCUT2D eigenvalue weighted by Gasteiger charge is 2.31. The van der Waals surface area contributed by atoms with Gasteiger partial charge in [-0.1, -0.05) is 6.07 Å². The van der Waals surface area contributed by atoms with E-state index in [9.17, 15) is 23.5 Å². The number of likely N-dealkylation sites (tertiary alicyclic amines) is 1. The van der Waals surface area contributed by atoms with Crippen LogP contribution >= 0.6 is 0 Å². The monoisotopic (exact) mass is 328 g/mol. The number of benzene rings is 1. The van der Waals surface area contributed by atoms with Gasteiger partial charge in [0, 0.05) is 20.2 Å². The number of methoxy groups -OCH3 is 1. The van der Waals surface area contributed by atoms with Crippen molar-refractivity contribution < 1.29 is 28.2 Å². The number of amides is 2. The van der Waals surface area contributed by atoms with Gasteiger partial charge in [0.15, 0.2) is 11.6 Å². The van der Waals surface area contributed by atoms with Gasteiger partial charge in [-0.25, -0.2) is 8.78 Å². The van der Waals surface area contributed by atoms with Crippen molar-refractivity contribution in [2.24, 2.45) is 0 Å². The minimum Gasteiger partial charge on any atom is -0.389 e. The summed E-state index contributed by atoms with van der Waals surface area (Å²) in [4.78, 5) is 25.1. The average molecular weight is 328 g/mol. The summed E-state index contributed by atoms with van der Waals surface area (Å²) in [6.45, 7) is 0.285. The molecule has 23 heavy (non-hydrogen) atoms. The van der Waals surface area contributed by atoms with Crippen LogP contribution in [0.15, 0.2) is 18.2 Å². The molecule has 1 aromatic rings. The molecule has 1 aliphatic rings. The molecule has 1 fully saturated rings. The van der Waals surface area contributed by atoms with Crippen LogP contribution in [0.5, 0.6) is 0 Å². The van der Waals surface area contributed by atoms with Gasteiger partial charge in [0.25, 0.3) is 5.91 Å². The lowest BCUT2D eigenvalue weighted by atomic mass is 10.0. The van der Waals surface area contributed by atoms with E-state index in [2.05, 4.69) is 5.32 Å². The number of ether oxygens (including phenoxy) is 1. The Bertz CT molecular complexity index is 597. The van der Waals surface area contributed by atoms with Gasteiger partial charge in [-0.2, -0.15) is 0 Å². The molecule has 6 nitrogen and oxygen atoms in total. The maximum atomic E-state index is 13.6. The number of carbonyl (C=O) groups excluding carboxylic acids is 2. The first kappa shape index (κ1) is 17.3. The molecule has 2 rings (SSSR count). The maximum Gasteiger partial charge on any atom is 0.254 e. The normalized spacial score (nSPS) is 21.1. The molecule has 0 bridgehead atoms. The third kappa shape index (κ3) is 4.02. The molecular weight excluding hydrogens is 310 g/mol. The number of hydrogen-bond acceptors (Lipinski definition) is 4. The third-order valence-corrected chi connectivity index (χ3v) is 3.72. The van der Waals surface area contributed by atoms with Crippen molar-refractivity contribution in [3.05, 3.63) is 35.4 Å². The summed E-state index contributed by atoms with van der Waals surface area (Å²) in [6.07, 6.45) is -0.690. The Kier molecular flexibility index (Phi) is 5.62. The highest BCUT2D eigenvalue weighted by atomic mass is 19.2. The van der Waals surface area contributed by atoms with Gasteiger partial charge in [0.1, 0.15) is 6.61 Å². The van der Waals surface area contributed by atoms with Crippen LogP contribution in [0.25, 0.3) is 0 Å². The van der Waals surface area contributed by atoms with Crippen LogP contribution in [0.2, 0.25) is 0 Å². The van der Waals surface area contributed by atoms with Crippen molar-refractivity contribution in [1.29, 1.82) is 0 Å². The van der Waals surface area contributed by atoms with Gasteiger partial charge in [-0.05, 0) is 18.6 Å². The standard InChI is InChI=1S/C15H18F2N2O4/c1-23-8-13(21)19-6-5-11(12(20)7-19)18-15(22)9-3-2-4-10(16)14(9)17/h2-4,11-12,20H,5-8H2,1H3,(H,18,22)/t11-,12-/m1/s1. The maximum absolute atomic E-state index is 13.6. The van der Waals surface area contributed by atoms with Crippen LogP contribution in [0.4, 0.5) is 8.78 Å². The molecule has 1 heterocycles. The molecule has 0 saturated carbocycles. The second kappa shape index (κ2) is 7.47. The molecular formula is C15H18F2N2O4. The predicted molar refractivity (Wildman–Crippen MR) is 76.7 cm³/mol. The van der Waals surface area contributed by atoms with Gasteiger partial charge >= 0.3 is 0 Å². The largest absolute Gasteiger partial charge is 0.389 e. The third-order valence-electron chi connectivity index (χ3n) is 3.72. The van der Waals surface area contributed by atoms with Crippen LogP contribution in [-0.4, -0.2) is 60.8 Å². The number of nitrogens with one attached hydrogen (secondary N) is 1. The molecule has 1 aliphatic heterocycles. The summed E-state index contributed by atoms with van der Waals surface area (Å²) in [5, 5.41) is 12.5. The molecule has 2 atom stereocenters. The number of β-amino-alcohol motifs (C(OH)–C–C–N with tert-alkyl or cyclic N) is 1. The summed E-state index contributed by atoms with van der Waals surface area (Å²) in [7, 11) is 1.40. The average Bonchev–Trinajstić information content (AvgIpc) is 2.52. The Morgan fingerprint density at radius 2 is 2.17 bits per heavy atom. The number of hydrogen-bond donors (Lipinski definition) is 2. The highest BCUT2D eigenvalue weighted by Crippen LogP contribution is 2.15. The number of halogens is 2. The minimum absolute atomic E-state index is 0.0404. The van der Waals surface area contributed by atoms with Gasteiger partial charge in [0.05, 0.1) is 17.7 Å². The Labute approximate surface area is 132 Å². The van der Waals surface area contributed by atoms with E-state index in [-0.39, 0.29) is 19.1 Å². The fraction of sp³-hybridized carbons (Fsp3) is 0.467. The van der Waals surface area contributed by atoms with Crippen molar-refractivity contribution in [1.82, 2.24) is 10.2 Å². The fourth-order valence-corrected chi connectivity index (χ4v) is 2.47. The van der Waals surface area contributed by atoms with Crippen molar-refractivity contribution in [3.8, 4) is 0 Å². The lowest BCUT2D eigenvalue weighted by Crippen LogP contribution is -2.55. The summed E-state index contributed by atoms with van der Waals surface area (Å²) >= 11 is 0. The Morgan fingerprint density at radius 3 is 2.83 bits per heavy atom. The number of aliphatic hydroxyl groups excluding tert-OH is 1. The molecule has 0 unspecified atom stereocenters. The molecule has 0 aromatic heterocycles. The molecule has 0 aliphatic carbocycles. The molecule has 0 radical (unpaired) electrons. The predicted octanol–water partition coefficient (Wildman–Crippen LogP) is 0.303. The molecule has 0 spiro atoms. The SMILES string of the molecule is COCC(=O)N1CC[C@@H](NC(=O)c2cccc(F)c2F)[C@H](O)C1. The molecule has 1 saturated heterocycles. The molecule has 2 N–H and O–H groups in total. The van der Waals surface area contributed by atoms with Gasteiger partial charge in [-0.3, -0.25) is 9.59 Å². The molecule has 2 amide bonds. The zero-order valence-electron chi connectivity index (χ0n) is 12.6. The van der Waals surface area contributed by atoms with E-state index in [4.69, 9.17) is 4.74 Å². The van der Waals surface area contributed by atoms with E-state index < -0.39 is 35.3 Å². The highest BCUT2D eigenvalue weighted by molar-refractivity contribution is 5.94. The minimum atomic E-state index is -1.23. The van der Waals surface area contributed by atoms with Crippen molar-refractivity contribution in [2.75, 3.05) is 26.8 Å². The summed E-state index contributed by atoms with van der Waals surface area (Å²) < 4.78 is 31.5. The van der Waals surface area contributed by atoms with Crippen molar-refractivity contribution in [2.45, 2.75) is 18.6 Å². The molecule has 126 valence electrons.